The minimum Gasteiger partial charge on any atom is -0.464 e. The van der Waals surface area contributed by atoms with E-state index in [2.05, 4.69) is 17.2 Å². The van der Waals surface area contributed by atoms with Gasteiger partial charge >= 0.3 is 12.1 Å². The molecule has 0 radical (unpaired) electrons. The summed E-state index contributed by atoms with van der Waals surface area (Å²) in [6.07, 6.45) is -4.54. The molecule has 8 heteroatoms. The SMILES string of the molecule is CCOC(=O)[C@H](CCC#Cc1ccc(F)c(C(F)(F)F)c1)NC(C)=O. The molecule has 0 fully saturated rings. The second-order valence-corrected chi connectivity index (χ2v) is 5.04. The zero-order valence-electron chi connectivity index (χ0n) is 13.7. The smallest absolute Gasteiger partial charge is 0.419 e. The average Bonchev–Trinajstić information content (AvgIpc) is 2.50. The van der Waals surface area contributed by atoms with Crippen LogP contribution in [0, 0.1) is 17.7 Å². The van der Waals surface area contributed by atoms with Gasteiger partial charge in [0.05, 0.1) is 12.2 Å². The molecule has 0 aliphatic heterocycles. The number of carbonyl (C=O) groups excluding carboxylic acids is 2. The van der Waals surface area contributed by atoms with Crippen LogP contribution in [0.3, 0.4) is 0 Å². The lowest BCUT2D eigenvalue weighted by atomic mass is 10.1. The number of halogens is 4. The van der Waals surface area contributed by atoms with Gasteiger partial charge in [-0.3, -0.25) is 4.79 Å². The van der Waals surface area contributed by atoms with Crippen LogP contribution in [0.25, 0.3) is 0 Å². The van der Waals surface area contributed by atoms with E-state index >= 15 is 0 Å². The summed E-state index contributed by atoms with van der Waals surface area (Å²) in [5, 5.41) is 2.42. The summed E-state index contributed by atoms with van der Waals surface area (Å²) >= 11 is 0. The molecule has 25 heavy (non-hydrogen) atoms. The van der Waals surface area contributed by atoms with E-state index in [0.29, 0.717) is 12.1 Å². The Balaban J connectivity index is 2.78. The van der Waals surface area contributed by atoms with Gasteiger partial charge in [0.2, 0.25) is 5.91 Å². The quantitative estimate of drug-likeness (QED) is 0.499. The molecular weight excluding hydrogens is 342 g/mol. The molecule has 136 valence electrons. The van der Waals surface area contributed by atoms with E-state index in [1.807, 2.05) is 0 Å². The first-order valence-electron chi connectivity index (χ1n) is 7.44. The van der Waals surface area contributed by atoms with E-state index < -0.39 is 35.5 Å². The largest absolute Gasteiger partial charge is 0.464 e. The molecule has 0 spiro atoms. The highest BCUT2D eigenvalue weighted by Crippen LogP contribution is 2.31. The Bertz CT molecular complexity index is 689. The number of ether oxygens (including phenoxy) is 1. The number of amides is 1. The molecule has 0 aromatic heterocycles. The van der Waals surface area contributed by atoms with Crippen LogP contribution in [0.2, 0.25) is 0 Å². The van der Waals surface area contributed by atoms with Gasteiger partial charge in [-0.05, 0) is 31.5 Å². The fraction of sp³-hybridized carbons (Fsp3) is 0.412. The highest BCUT2D eigenvalue weighted by Gasteiger charge is 2.34. The van der Waals surface area contributed by atoms with Gasteiger partial charge in [-0.15, -0.1) is 0 Å². The molecular formula is C17H17F4NO3. The van der Waals surface area contributed by atoms with Crippen molar-refractivity contribution < 1.29 is 31.9 Å². The van der Waals surface area contributed by atoms with Gasteiger partial charge in [0.15, 0.2) is 0 Å². The molecule has 0 aliphatic carbocycles. The van der Waals surface area contributed by atoms with Crippen molar-refractivity contribution in [2.45, 2.75) is 38.9 Å². The van der Waals surface area contributed by atoms with E-state index in [1.54, 1.807) is 6.92 Å². The Morgan fingerprint density at radius 3 is 2.56 bits per heavy atom. The van der Waals surface area contributed by atoms with Gasteiger partial charge in [0, 0.05) is 18.9 Å². The van der Waals surface area contributed by atoms with E-state index in [1.165, 1.54) is 6.92 Å². The fourth-order valence-electron chi connectivity index (χ4n) is 1.94. The van der Waals surface area contributed by atoms with Crippen LogP contribution in [0.4, 0.5) is 17.6 Å². The zero-order chi connectivity index (χ0) is 19.0. The third-order valence-electron chi connectivity index (χ3n) is 3.01. The predicted octanol–water partition coefficient (Wildman–Crippen LogP) is 3.04. The van der Waals surface area contributed by atoms with Crippen LogP contribution >= 0.6 is 0 Å². The Labute approximate surface area is 142 Å². The Kier molecular flexibility index (Phi) is 7.43. The number of hydrogen-bond acceptors (Lipinski definition) is 3. The number of esters is 1. The number of nitrogens with one attached hydrogen (secondary N) is 1. The molecule has 0 saturated carbocycles. The molecule has 1 N–H and O–H groups in total. The fourth-order valence-corrected chi connectivity index (χ4v) is 1.94. The summed E-state index contributed by atoms with van der Waals surface area (Å²) in [5.74, 6) is 2.69. The van der Waals surface area contributed by atoms with Crippen molar-refractivity contribution in [3.8, 4) is 11.8 Å². The van der Waals surface area contributed by atoms with E-state index in [-0.39, 0.29) is 25.0 Å². The minimum atomic E-state index is -4.80. The molecule has 1 aromatic rings. The summed E-state index contributed by atoms with van der Waals surface area (Å²) in [7, 11) is 0. The van der Waals surface area contributed by atoms with Crippen molar-refractivity contribution >= 4 is 11.9 Å². The second-order valence-electron chi connectivity index (χ2n) is 5.04. The Morgan fingerprint density at radius 1 is 1.32 bits per heavy atom. The van der Waals surface area contributed by atoms with E-state index in [9.17, 15) is 27.2 Å². The lowest BCUT2D eigenvalue weighted by molar-refractivity contribution is -0.147. The molecule has 0 heterocycles. The molecule has 1 atom stereocenters. The lowest BCUT2D eigenvalue weighted by Gasteiger charge is -2.14. The Hall–Kier alpha value is -2.56. The topological polar surface area (TPSA) is 55.4 Å². The molecule has 0 saturated heterocycles. The van der Waals surface area contributed by atoms with Gasteiger partial charge in [-0.1, -0.05) is 11.8 Å². The van der Waals surface area contributed by atoms with Crippen molar-refractivity contribution in [2.24, 2.45) is 0 Å². The second kappa shape index (κ2) is 9.06. The standard InChI is InChI=1S/C17H17F4NO3/c1-3-25-16(24)15(22-11(2)23)7-5-4-6-12-8-9-14(18)13(10-12)17(19,20)21/h8-10,15H,3,5,7H2,1-2H3,(H,22,23)/t15-/m0/s1. The van der Waals surface area contributed by atoms with Crippen molar-refractivity contribution in [1.29, 1.82) is 0 Å². The predicted molar refractivity (Wildman–Crippen MR) is 81.8 cm³/mol. The maximum atomic E-state index is 13.2. The lowest BCUT2D eigenvalue weighted by Crippen LogP contribution is -2.40. The van der Waals surface area contributed by atoms with Crippen LogP contribution in [-0.4, -0.2) is 24.5 Å². The summed E-state index contributed by atoms with van der Waals surface area (Å²) in [4.78, 5) is 22.8. The van der Waals surface area contributed by atoms with Crippen molar-refractivity contribution in [1.82, 2.24) is 5.32 Å². The molecule has 1 rings (SSSR count). The first-order chi connectivity index (χ1) is 11.6. The number of benzene rings is 1. The van der Waals surface area contributed by atoms with E-state index in [0.717, 1.165) is 6.07 Å². The average molecular weight is 359 g/mol. The molecule has 0 bridgehead atoms. The monoisotopic (exact) mass is 359 g/mol. The summed E-state index contributed by atoms with van der Waals surface area (Å²) in [6, 6.07) is 1.57. The molecule has 0 aliphatic rings. The molecule has 1 amide bonds. The van der Waals surface area contributed by atoms with Crippen LogP contribution in [0.5, 0.6) is 0 Å². The van der Waals surface area contributed by atoms with Crippen LogP contribution < -0.4 is 5.32 Å². The van der Waals surface area contributed by atoms with Crippen LogP contribution in [0.1, 0.15) is 37.8 Å². The number of hydrogen-bond donors (Lipinski definition) is 1. The highest BCUT2D eigenvalue weighted by atomic mass is 19.4. The number of rotatable bonds is 5. The van der Waals surface area contributed by atoms with Crippen molar-refractivity contribution in [3.05, 3.63) is 35.1 Å². The number of carbonyl (C=O) groups is 2. The van der Waals surface area contributed by atoms with E-state index in [4.69, 9.17) is 4.74 Å². The summed E-state index contributed by atoms with van der Waals surface area (Å²) in [6.45, 7) is 3.01. The maximum Gasteiger partial charge on any atom is 0.419 e. The van der Waals surface area contributed by atoms with Gasteiger partial charge in [-0.25, -0.2) is 9.18 Å². The maximum absolute atomic E-state index is 13.2. The van der Waals surface area contributed by atoms with Gasteiger partial charge in [-0.2, -0.15) is 13.2 Å². The first-order valence-corrected chi connectivity index (χ1v) is 7.44. The molecule has 1 aromatic carbocycles. The van der Waals surface area contributed by atoms with Crippen molar-refractivity contribution in [3.63, 3.8) is 0 Å². The van der Waals surface area contributed by atoms with Crippen LogP contribution in [0.15, 0.2) is 18.2 Å². The third-order valence-corrected chi connectivity index (χ3v) is 3.01. The highest BCUT2D eigenvalue weighted by molar-refractivity contribution is 5.83. The van der Waals surface area contributed by atoms with Gasteiger partial charge in [0.1, 0.15) is 11.9 Å². The zero-order valence-corrected chi connectivity index (χ0v) is 13.7. The Morgan fingerprint density at radius 2 is 2.00 bits per heavy atom. The van der Waals surface area contributed by atoms with Gasteiger partial charge < -0.3 is 10.1 Å². The summed E-state index contributed by atoms with van der Waals surface area (Å²) < 4.78 is 55.9. The first kappa shape index (κ1) is 20.5. The normalized spacial score (nSPS) is 11.9. The van der Waals surface area contributed by atoms with Crippen molar-refractivity contribution in [2.75, 3.05) is 6.61 Å². The molecule has 0 unspecified atom stereocenters. The summed E-state index contributed by atoms with van der Waals surface area (Å²) in [5.41, 5.74) is -1.39. The molecule has 4 nitrogen and oxygen atoms in total. The minimum absolute atomic E-state index is 0.000867. The van der Waals surface area contributed by atoms with Gasteiger partial charge in [0.25, 0.3) is 0 Å². The number of alkyl halides is 3. The third kappa shape index (κ3) is 6.83. The van der Waals surface area contributed by atoms with Crippen LogP contribution in [-0.2, 0) is 20.5 Å².